The molecule has 0 aliphatic rings. The minimum atomic E-state index is -0.342. The SMILES string of the molecule is CCCOc1ccc(C(=O)NC(=S)Nc2cc(-c3nc4ccccc4s3)c(Cl)cc2Cl)cc1. The number of thiocarbonyl (C=S) groups is 1. The zero-order chi connectivity index (χ0) is 23.4. The van der Waals surface area contributed by atoms with E-state index in [0.717, 1.165) is 27.2 Å². The average Bonchev–Trinajstić information content (AvgIpc) is 3.23. The number of hydrogen-bond donors (Lipinski definition) is 2. The first-order chi connectivity index (χ1) is 15.9. The van der Waals surface area contributed by atoms with Crippen molar-refractivity contribution in [2.45, 2.75) is 13.3 Å². The number of carbonyl (C=O) groups is 1. The summed E-state index contributed by atoms with van der Waals surface area (Å²) >= 11 is 19.7. The van der Waals surface area contributed by atoms with Crippen LogP contribution in [0.2, 0.25) is 10.0 Å². The zero-order valence-electron chi connectivity index (χ0n) is 17.5. The fourth-order valence-corrected chi connectivity index (χ4v) is 4.82. The number of thiazole rings is 1. The molecule has 4 aromatic rings. The van der Waals surface area contributed by atoms with Gasteiger partial charge < -0.3 is 10.1 Å². The number of ether oxygens (including phenoxy) is 1. The van der Waals surface area contributed by atoms with E-state index in [4.69, 9.17) is 40.2 Å². The first-order valence-corrected chi connectivity index (χ1v) is 12.1. The van der Waals surface area contributed by atoms with Crippen molar-refractivity contribution in [3.8, 4) is 16.3 Å². The molecule has 0 saturated carbocycles. The molecule has 0 aliphatic carbocycles. The third kappa shape index (κ3) is 5.62. The third-order valence-electron chi connectivity index (χ3n) is 4.65. The zero-order valence-corrected chi connectivity index (χ0v) is 20.7. The van der Waals surface area contributed by atoms with E-state index in [1.807, 2.05) is 31.2 Å². The molecule has 5 nitrogen and oxygen atoms in total. The average molecular weight is 516 g/mol. The summed E-state index contributed by atoms with van der Waals surface area (Å²) in [5, 5.41) is 7.38. The quantitative estimate of drug-likeness (QED) is 0.266. The predicted octanol–water partition coefficient (Wildman–Crippen LogP) is 7.19. The molecule has 0 saturated heterocycles. The molecule has 168 valence electrons. The molecule has 0 fully saturated rings. The van der Waals surface area contributed by atoms with Crippen molar-refractivity contribution in [3.05, 3.63) is 76.3 Å². The van der Waals surface area contributed by atoms with Crippen LogP contribution in [0.1, 0.15) is 23.7 Å². The number of para-hydroxylation sites is 1. The number of benzene rings is 3. The van der Waals surface area contributed by atoms with Gasteiger partial charge in [0.2, 0.25) is 0 Å². The second kappa shape index (κ2) is 10.5. The van der Waals surface area contributed by atoms with Crippen LogP contribution < -0.4 is 15.4 Å². The minimum Gasteiger partial charge on any atom is -0.494 e. The molecule has 9 heteroatoms. The molecule has 33 heavy (non-hydrogen) atoms. The fraction of sp³-hybridized carbons (Fsp3) is 0.125. The van der Waals surface area contributed by atoms with Crippen LogP contribution in [0.15, 0.2) is 60.7 Å². The molecule has 0 unspecified atom stereocenters. The summed E-state index contributed by atoms with van der Waals surface area (Å²) < 4.78 is 6.60. The molecule has 3 aromatic carbocycles. The number of halogens is 2. The maximum Gasteiger partial charge on any atom is 0.257 e. The Kier molecular flexibility index (Phi) is 7.45. The number of carbonyl (C=O) groups excluding carboxylic acids is 1. The lowest BCUT2D eigenvalue weighted by Crippen LogP contribution is -2.34. The van der Waals surface area contributed by atoms with Crippen LogP contribution in [0.25, 0.3) is 20.8 Å². The Hall–Kier alpha value is -2.71. The maximum atomic E-state index is 12.6. The summed E-state index contributed by atoms with van der Waals surface area (Å²) in [6, 6.07) is 18.1. The van der Waals surface area contributed by atoms with Crippen molar-refractivity contribution in [2.75, 3.05) is 11.9 Å². The van der Waals surface area contributed by atoms with Gasteiger partial charge in [0.25, 0.3) is 5.91 Å². The van der Waals surface area contributed by atoms with Gasteiger partial charge in [0.05, 0.1) is 32.6 Å². The Morgan fingerprint density at radius 1 is 1.09 bits per heavy atom. The first-order valence-electron chi connectivity index (χ1n) is 10.1. The Morgan fingerprint density at radius 2 is 1.85 bits per heavy atom. The van der Waals surface area contributed by atoms with Crippen LogP contribution in [0.3, 0.4) is 0 Å². The largest absolute Gasteiger partial charge is 0.494 e. The monoisotopic (exact) mass is 515 g/mol. The first kappa shape index (κ1) is 23.4. The van der Waals surface area contributed by atoms with Crippen molar-refractivity contribution in [1.82, 2.24) is 10.3 Å². The van der Waals surface area contributed by atoms with E-state index in [1.54, 1.807) is 36.4 Å². The summed E-state index contributed by atoms with van der Waals surface area (Å²) in [5.41, 5.74) is 2.60. The lowest BCUT2D eigenvalue weighted by molar-refractivity contribution is 0.0977. The van der Waals surface area contributed by atoms with E-state index in [9.17, 15) is 4.79 Å². The van der Waals surface area contributed by atoms with Crippen molar-refractivity contribution in [3.63, 3.8) is 0 Å². The van der Waals surface area contributed by atoms with Gasteiger partial charge in [0, 0.05) is 11.1 Å². The molecule has 2 N–H and O–H groups in total. The summed E-state index contributed by atoms with van der Waals surface area (Å²) in [6.45, 7) is 2.66. The number of rotatable bonds is 6. The molecule has 1 amide bonds. The van der Waals surface area contributed by atoms with Gasteiger partial charge in [-0.25, -0.2) is 4.98 Å². The molecule has 4 rings (SSSR count). The molecule has 0 aliphatic heterocycles. The number of nitrogens with zero attached hydrogens (tertiary/aromatic N) is 1. The van der Waals surface area contributed by atoms with Gasteiger partial charge in [-0.3, -0.25) is 10.1 Å². The van der Waals surface area contributed by atoms with Crippen LogP contribution >= 0.6 is 46.8 Å². The molecule has 1 heterocycles. The highest BCUT2D eigenvalue weighted by atomic mass is 35.5. The van der Waals surface area contributed by atoms with E-state index >= 15 is 0 Å². The summed E-state index contributed by atoms with van der Waals surface area (Å²) in [4.78, 5) is 17.2. The molecule has 0 bridgehead atoms. The number of anilines is 1. The van der Waals surface area contributed by atoms with Crippen LogP contribution in [0.4, 0.5) is 5.69 Å². The maximum absolute atomic E-state index is 12.6. The number of aromatic nitrogens is 1. The Balaban J connectivity index is 1.48. The second-order valence-corrected chi connectivity index (χ2v) is 9.33. The number of amides is 1. The third-order valence-corrected chi connectivity index (χ3v) is 6.54. The van der Waals surface area contributed by atoms with Crippen LogP contribution in [-0.4, -0.2) is 22.6 Å². The van der Waals surface area contributed by atoms with Gasteiger partial charge in [0.15, 0.2) is 5.11 Å². The van der Waals surface area contributed by atoms with Gasteiger partial charge in [-0.2, -0.15) is 0 Å². The van der Waals surface area contributed by atoms with Gasteiger partial charge >= 0.3 is 0 Å². The Morgan fingerprint density at radius 3 is 2.58 bits per heavy atom. The van der Waals surface area contributed by atoms with E-state index in [-0.39, 0.29) is 11.0 Å². The summed E-state index contributed by atoms with van der Waals surface area (Å²) in [5.74, 6) is 0.371. The summed E-state index contributed by atoms with van der Waals surface area (Å²) in [6.07, 6.45) is 0.913. The summed E-state index contributed by atoms with van der Waals surface area (Å²) in [7, 11) is 0. The standard InChI is InChI=1S/C24H19Cl2N3O2S2/c1-2-11-31-15-9-7-14(8-10-15)22(30)29-24(32)28-20-12-16(17(25)13-18(20)26)23-27-19-5-3-4-6-21(19)33-23/h3-10,12-13H,2,11H2,1H3,(H2,28,29,30,32). The van der Waals surface area contributed by atoms with E-state index in [2.05, 4.69) is 15.6 Å². The van der Waals surface area contributed by atoms with Crippen LogP contribution in [-0.2, 0) is 0 Å². The normalized spacial score (nSPS) is 10.8. The van der Waals surface area contributed by atoms with Gasteiger partial charge in [-0.1, -0.05) is 42.3 Å². The highest BCUT2D eigenvalue weighted by molar-refractivity contribution is 7.80. The van der Waals surface area contributed by atoms with Crippen molar-refractivity contribution in [2.24, 2.45) is 0 Å². The van der Waals surface area contributed by atoms with Gasteiger partial charge in [-0.05, 0) is 67.2 Å². The number of hydrogen-bond acceptors (Lipinski definition) is 5. The van der Waals surface area contributed by atoms with Crippen LogP contribution in [0.5, 0.6) is 5.75 Å². The topological polar surface area (TPSA) is 63.2 Å². The molecule has 0 atom stereocenters. The smallest absolute Gasteiger partial charge is 0.257 e. The molecular formula is C24H19Cl2N3O2S2. The molecular weight excluding hydrogens is 497 g/mol. The van der Waals surface area contributed by atoms with Crippen molar-refractivity contribution in [1.29, 1.82) is 0 Å². The van der Waals surface area contributed by atoms with E-state index < -0.39 is 0 Å². The Labute approximate surface area is 210 Å². The van der Waals surface area contributed by atoms with E-state index in [0.29, 0.717) is 33.7 Å². The van der Waals surface area contributed by atoms with Crippen molar-refractivity contribution < 1.29 is 9.53 Å². The second-order valence-electron chi connectivity index (χ2n) is 7.08. The fourth-order valence-electron chi connectivity index (χ4n) is 3.05. The highest BCUT2D eigenvalue weighted by Gasteiger charge is 2.15. The van der Waals surface area contributed by atoms with Crippen molar-refractivity contribution >= 4 is 73.7 Å². The van der Waals surface area contributed by atoms with Crippen LogP contribution in [0, 0.1) is 0 Å². The lowest BCUT2D eigenvalue weighted by Gasteiger charge is -2.13. The van der Waals surface area contributed by atoms with E-state index in [1.165, 1.54) is 11.3 Å². The highest BCUT2D eigenvalue weighted by Crippen LogP contribution is 2.38. The lowest BCUT2D eigenvalue weighted by atomic mass is 10.2. The predicted molar refractivity (Wildman–Crippen MR) is 141 cm³/mol. The van der Waals surface area contributed by atoms with Gasteiger partial charge in [-0.15, -0.1) is 11.3 Å². The molecule has 0 radical (unpaired) electrons. The number of nitrogens with one attached hydrogen (secondary N) is 2. The van der Waals surface area contributed by atoms with Gasteiger partial charge in [0.1, 0.15) is 10.8 Å². The Bertz CT molecular complexity index is 1290. The molecule has 0 spiro atoms. The minimum absolute atomic E-state index is 0.116. The number of fused-ring (bicyclic) bond motifs is 1. The molecule has 1 aromatic heterocycles.